The largest absolute Gasteiger partial charge is 0.497 e. The second-order valence-corrected chi connectivity index (χ2v) is 6.97. The third kappa shape index (κ3) is 4.16. The first-order valence-electron chi connectivity index (χ1n) is 8.20. The van der Waals surface area contributed by atoms with Crippen molar-refractivity contribution in [3.05, 3.63) is 46.8 Å². The molecule has 0 aliphatic rings. The molecule has 5 heteroatoms. The molecular formula is C19H27N3O2. The summed E-state index contributed by atoms with van der Waals surface area (Å²) in [6, 6.07) is 7.93. The van der Waals surface area contributed by atoms with E-state index in [2.05, 4.69) is 15.5 Å². The van der Waals surface area contributed by atoms with Crippen LogP contribution in [0.25, 0.3) is 0 Å². The summed E-state index contributed by atoms with van der Waals surface area (Å²) in [7, 11) is 1.66. The van der Waals surface area contributed by atoms with E-state index in [1.807, 2.05) is 58.9 Å². The van der Waals surface area contributed by atoms with Crippen LogP contribution in [0.4, 0.5) is 0 Å². The van der Waals surface area contributed by atoms with E-state index in [1.165, 1.54) is 0 Å². The quantitative estimate of drug-likeness (QED) is 0.854. The predicted octanol–water partition coefficient (Wildman–Crippen LogP) is 3.28. The van der Waals surface area contributed by atoms with Gasteiger partial charge >= 0.3 is 0 Å². The summed E-state index contributed by atoms with van der Waals surface area (Å²) >= 11 is 0. The molecule has 2 N–H and O–H groups in total. The zero-order valence-corrected chi connectivity index (χ0v) is 15.4. The highest BCUT2D eigenvalue weighted by Crippen LogP contribution is 2.23. The number of hydrogen-bond donors (Lipinski definition) is 2. The molecule has 0 radical (unpaired) electrons. The van der Waals surface area contributed by atoms with Gasteiger partial charge in [0.25, 0.3) is 0 Å². The van der Waals surface area contributed by atoms with Gasteiger partial charge in [-0.3, -0.25) is 9.89 Å². The number of nitrogens with one attached hydrogen (secondary N) is 2. The van der Waals surface area contributed by atoms with Gasteiger partial charge in [-0.15, -0.1) is 0 Å². The molecule has 1 heterocycles. The minimum atomic E-state index is -0.358. The van der Waals surface area contributed by atoms with E-state index in [9.17, 15) is 4.79 Å². The number of rotatable bonds is 6. The zero-order chi connectivity index (χ0) is 17.9. The fourth-order valence-electron chi connectivity index (χ4n) is 3.11. The van der Waals surface area contributed by atoms with Gasteiger partial charge in [0.1, 0.15) is 5.75 Å². The van der Waals surface area contributed by atoms with Gasteiger partial charge in [0.05, 0.1) is 18.7 Å². The molecule has 1 aromatic carbocycles. The average molecular weight is 329 g/mol. The molecule has 0 saturated carbocycles. The fourth-order valence-corrected chi connectivity index (χ4v) is 3.11. The van der Waals surface area contributed by atoms with Crippen LogP contribution in [0, 0.1) is 13.8 Å². The standard InChI is InChI=1S/C19H27N3O2/c1-12(17-13(2)21-22-14(17)3)18(23)20-19(4,5)11-15-8-7-9-16(10-15)24-6/h7-10,12H,11H2,1-6H3,(H,20,23)(H,21,22). The maximum absolute atomic E-state index is 12.7. The van der Waals surface area contributed by atoms with Gasteiger partial charge in [-0.1, -0.05) is 12.1 Å². The van der Waals surface area contributed by atoms with Crippen molar-refractivity contribution in [1.82, 2.24) is 15.5 Å². The molecule has 0 bridgehead atoms. The number of carbonyl (C=O) groups is 1. The molecule has 0 fully saturated rings. The van der Waals surface area contributed by atoms with Gasteiger partial charge in [0.15, 0.2) is 0 Å². The molecule has 1 aromatic heterocycles. The highest BCUT2D eigenvalue weighted by atomic mass is 16.5. The van der Waals surface area contributed by atoms with Crippen molar-refractivity contribution in [3.8, 4) is 5.75 Å². The van der Waals surface area contributed by atoms with Crippen molar-refractivity contribution in [3.63, 3.8) is 0 Å². The number of aromatic nitrogens is 2. The Kier molecular flexibility index (Phi) is 5.32. The number of aromatic amines is 1. The Balaban J connectivity index is 2.08. The second-order valence-electron chi connectivity index (χ2n) is 6.97. The Morgan fingerprint density at radius 1 is 1.38 bits per heavy atom. The van der Waals surface area contributed by atoms with Gasteiger partial charge in [0.2, 0.25) is 5.91 Å². The minimum Gasteiger partial charge on any atom is -0.497 e. The van der Waals surface area contributed by atoms with E-state index in [0.717, 1.165) is 34.7 Å². The molecule has 2 rings (SSSR count). The van der Waals surface area contributed by atoms with Crippen molar-refractivity contribution < 1.29 is 9.53 Å². The Labute approximate surface area is 143 Å². The lowest BCUT2D eigenvalue weighted by Crippen LogP contribution is -2.46. The van der Waals surface area contributed by atoms with E-state index in [-0.39, 0.29) is 17.4 Å². The number of benzene rings is 1. The van der Waals surface area contributed by atoms with E-state index < -0.39 is 0 Å². The minimum absolute atomic E-state index is 0.00972. The Morgan fingerprint density at radius 2 is 2.08 bits per heavy atom. The molecule has 1 unspecified atom stereocenters. The first-order chi connectivity index (χ1) is 11.2. The number of aryl methyl sites for hydroxylation is 2. The van der Waals surface area contributed by atoms with Crippen molar-refractivity contribution in [1.29, 1.82) is 0 Å². The maximum atomic E-state index is 12.7. The van der Waals surface area contributed by atoms with Crippen LogP contribution in [0.5, 0.6) is 5.75 Å². The number of hydrogen-bond acceptors (Lipinski definition) is 3. The summed E-state index contributed by atoms with van der Waals surface area (Å²) in [6.45, 7) is 9.85. The van der Waals surface area contributed by atoms with E-state index in [4.69, 9.17) is 4.74 Å². The monoisotopic (exact) mass is 329 g/mol. The molecule has 0 saturated heterocycles. The number of amides is 1. The Hall–Kier alpha value is -2.30. The van der Waals surface area contributed by atoms with Crippen molar-refractivity contribution in [2.75, 3.05) is 7.11 Å². The lowest BCUT2D eigenvalue weighted by atomic mass is 9.92. The van der Waals surface area contributed by atoms with Crippen LogP contribution in [0.3, 0.4) is 0 Å². The van der Waals surface area contributed by atoms with E-state index >= 15 is 0 Å². The number of ether oxygens (including phenoxy) is 1. The Morgan fingerprint density at radius 3 is 2.67 bits per heavy atom. The van der Waals surface area contributed by atoms with Gasteiger partial charge in [-0.2, -0.15) is 5.10 Å². The van der Waals surface area contributed by atoms with Gasteiger partial charge in [-0.25, -0.2) is 0 Å². The summed E-state index contributed by atoms with van der Waals surface area (Å²) in [4.78, 5) is 12.7. The van der Waals surface area contributed by atoms with E-state index in [0.29, 0.717) is 0 Å². The van der Waals surface area contributed by atoms with Crippen LogP contribution < -0.4 is 10.1 Å². The molecule has 5 nitrogen and oxygen atoms in total. The highest BCUT2D eigenvalue weighted by Gasteiger charge is 2.27. The summed E-state index contributed by atoms with van der Waals surface area (Å²) < 4.78 is 5.27. The van der Waals surface area contributed by atoms with Gasteiger partial charge < -0.3 is 10.1 Å². The molecule has 24 heavy (non-hydrogen) atoms. The SMILES string of the molecule is COc1cccc(CC(C)(C)NC(=O)C(C)c2c(C)n[nH]c2C)c1. The maximum Gasteiger partial charge on any atom is 0.227 e. The third-order valence-electron chi connectivity index (χ3n) is 4.25. The lowest BCUT2D eigenvalue weighted by Gasteiger charge is -2.28. The van der Waals surface area contributed by atoms with Crippen LogP contribution in [0.15, 0.2) is 24.3 Å². The molecule has 1 atom stereocenters. The van der Waals surface area contributed by atoms with Gasteiger partial charge in [0, 0.05) is 16.8 Å². The molecule has 0 aliphatic carbocycles. The summed E-state index contributed by atoms with van der Waals surface area (Å²) in [5.74, 6) is 0.594. The smallest absolute Gasteiger partial charge is 0.227 e. The molecule has 0 aliphatic heterocycles. The van der Waals surface area contributed by atoms with Crippen LogP contribution >= 0.6 is 0 Å². The number of carbonyl (C=O) groups excluding carboxylic acids is 1. The van der Waals surface area contributed by atoms with Crippen LogP contribution in [0.2, 0.25) is 0 Å². The van der Waals surface area contributed by atoms with E-state index in [1.54, 1.807) is 7.11 Å². The van der Waals surface area contributed by atoms with Crippen LogP contribution in [-0.4, -0.2) is 28.8 Å². The number of methoxy groups -OCH3 is 1. The summed E-state index contributed by atoms with van der Waals surface area (Å²) in [5, 5.41) is 10.3. The molecule has 130 valence electrons. The fraction of sp³-hybridized carbons (Fsp3) is 0.474. The lowest BCUT2D eigenvalue weighted by molar-refractivity contribution is -0.123. The predicted molar refractivity (Wildman–Crippen MR) is 95.4 cm³/mol. The van der Waals surface area contributed by atoms with Crippen LogP contribution in [-0.2, 0) is 11.2 Å². The second kappa shape index (κ2) is 7.07. The van der Waals surface area contributed by atoms with Crippen LogP contribution in [0.1, 0.15) is 49.2 Å². The number of H-pyrrole nitrogens is 1. The van der Waals surface area contributed by atoms with Crippen molar-refractivity contribution in [2.45, 2.75) is 52.5 Å². The Bertz CT molecular complexity index is 700. The summed E-state index contributed by atoms with van der Waals surface area (Å²) in [5.41, 5.74) is 3.57. The average Bonchev–Trinajstić information content (AvgIpc) is 2.84. The topological polar surface area (TPSA) is 67.0 Å². The van der Waals surface area contributed by atoms with Crippen molar-refractivity contribution in [2.24, 2.45) is 0 Å². The number of nitrogens with zero attached hydrogens (tertiary/aromatic N) is 1. The normalized spacial score (nSPS) is 12.8. The molecule has 0 spiro atoms. The molecule has 2 aromatic rings. The van der Waals surface area contributed by atoms with Gasteiger partial charge in [-0.05, 0) is 58.7 Å². The third-order valence-corrected chi connectivity index (χ3v) is 4.25. The van der Waals surface area contributed by atoms with Crippen molar-refractivity contribution >= 4 is 5.91 Å². The molecular weight excluding hydrogens is 302 g/mol. The first-order valence-corrected chi connectivity index (χ1v) is 8.20. The summed E-state index contributed by atoms with van der Waals surface area (Å²) in [6.07, 6.45) is 0.728. The highest BCUT2D eigenvalue weighted by molar-refractivity contribution is 5.84. The first kappa shape index (κ1) is 18.0. The zero-order valence-electron chi connectivity index (χ0n) is 15.4. The molecule has 1 amide bonds.